The first-order valence-electron chi connectivity index (χ1n) is 9.20. The number of carbonyl (C=O) groups excluding carboxylic acids is 1. The predicted octanol–water partition coefficient (Wildman–Crippen LogP) is 4.54. The van der Waals surface area contributed by atoms with Crippen molar-refractivity contribution in [2.75, 3.05) is 19.7 Å². The Morgan fingerprint density at radius 1 is 1.00 bits per heavy atom. The second-order valence-corrected chi connectivity index (χ2v) is 6.27. The van der Waals surface area contributed by atoms with E-state index in [1.807, 2.05) is 6.92 Å². The van der Waals surface area contributed by atoms with Crippen molar-refractivity contribution in [3.63, 3.8) is 0 Å². The van der Waals surface area contributed by atoms with Crippen molar-refractivity contribution in [1.29, 1.82) is 0 Å². The van der Waals surface area contributed by atoms with Crippen LogP contribution in [0.2, 0.25) is 0 Å². The highest BCUT2D eigenvalue weighted by Gasteiger charge is 2.29. The van der Waals surface area contributed by atoms with Crippen LogP contribution in [0, 0.1) is 0 Å². The fourth-order valence-corrected chi connectivity index (χ4v) is 3.21. The molecule has 0 aromatic heterocycles. The van der Waals surface area contributed by atoms with Crippen LogP contribution >= 0.6 is 0 Å². The SMILES string of the molecule is CCCCCCCCCCN1CCCCC1C(=O)OCC. The first-order valence-corrected chi connectivity index (χ1v) is 9.20. The number of carbonyl (C=O) groups is 1. The molecule has 3 heteroatoms. The highest BCUT2D eigenvalue weighted by Crippen LogP contribution is 2.19. The van der Waals surface area contributed by atoms with Gasteiger partial charge in [0.15, 0.2) is 0 Å². The standard InChI is InChI=1S/C18H35NO2/c1-3-5-6-7-8-9-10-12-15-19-16-13-11-14-17(19)18(20)21-4-2/h17H,3-16H2,1-2H3. The second kappa shape index (κ2) is 12.0. The minimum atomic E-state index is -0.00299. The van der Waals surface area contributed by atoms with Crippen LogP contribution in [-0.4, -0.2) is 36.6 Å². The molecule has 1 aliphatic heterocycles. The molecule has 1 saturated heterocycles. The molecule has 0 N–H and O–H groups in total. The molecule has 0 amide bonds. The quantitative estimate of drug-likeness (QED) is 0.414. The van der Waals surface area contributed by atoms with E-state index < -0.39 is 0 Å². The minimum Gasteiger partial charge on any atom is -0.465 e. The average molecular weight is 297 g/mol. The Morgan fingerprint density at radius 2 is 1.67 bits per heavy atom. The van der Waals surface area contributed by atoms with Crippen LogP contribution in [-0.2, 0) is 9.53 Å². The van der Waals surface area contributed by atoms with Crippen LogP contribution in [0.3, 0.4) is 0 Å². The molecule has 0 aromatic carbocycles. The van der Waals surface area contributed by atoms with Crippen molar-refractivity contribution in [3.05, 3.63) is 0 Å². The van der Waals surface area contributed by atoms with E-state index in [4.69, 9.17) is 4.74 Å². The Balaban J connectivity index is 2.12. The van der Waals surface area contributed by atoms with Crippen molar-refractivity contribution in [3.8, 4) is 0 Å². The second-order valence-electron chi connectivity index (χ2n) is 6.27. The lowest BCUT2D eigenvalue weighted by Crippen LogP contribution is -2.45. The molecule has 0 saturated carbocycles. The summed E-state index contributed by atoms with van der Waals surface area (Å²) in [7, 11) is 0. The highest BCUT2D eigenvalue weighted by atomic mass is 16.5. The number of esters is 1. The van der Waals surface area contributed by atoms with E-state index in [0.717, 1.165) is 25.9 Å². The van der Waals surface area contributed by atoms with Gasteiger partial charge in [-0.2, -0.15) is 0 Å². The van der Waals surface area contributed by atoms with Crippen molar-refractivity contribution in [1.82, 2.24) is 4.90 Å². The van der Waals surface area contributed by atoms with Gasteiger partial charge in [-0.3, -0.25) is 9.69 Å². The molecule has 1 heterocycles. The van der Waals surface area contributed by atoms with E-state index in [9.17, 15) is 4.79 Å². The van der Waals surface area contributed by atoms with Gasteiger partial charge in [0, 0.05) is 0 Å². The van der Waals surface area contributed by atoms with Gasteiger partial charge in [-0.15, -0.1) is 0 Å². The number of piperidine rings is 1. The predicted molar refractivity (Wildman–Crippen MR) is 88.5 cm³/mol. The molecule has 0 aromatic rings. The van der Waals surface area contributed by atoms with Crippen LogP contribution in [0.4, 0.5) is 0 Å². The Hall–Kier alpha value is -0.570. The molecule has 1 rings (SSSR count). The summed E-state index contributed by atoms with van der Waals surface area (Å²) >= 11 is 0. The van der Waals surface area contributed by atoms with Gasteiger partial charge in [-0.1, -0.05) is 58.3 Å². The molecular formula is C18H35NO2. The Labute approximate surface area is 131 Å². The summed E-state index contributed by atoms with van der Waals surface area (Å²) < 4.78 is 5.21. The third-order valence-electron chi connectivity index (χ3n) is 4.47. The maximum Gasteiger partial charge on any atom is 0.323 e. The van der Waals surface area contributed by atoms with Crippen molar-refractivity contribution in [2.45, 2.75) is 90.5 Å². The van der Waals surface area contributed by atoms with Gasteiger partial charge >= 0.3 is 5.97 Å². The summed E-state index contributed by atoms with van der Waals surface area (Å²) in [6.45, 7) is 6.79. The first kappa shape index (κ1) is 18.5. The number of likely N-dealkylation sites (tertiary alicyclic amines) is 1. The van der Waals surface area contributed by atoms with Gasteiger partial charge in [-0.25, -0.2) is 0 Å². The number of unbranched alkanes of at least 4 members (excludes halogenated alkanes) is 7. The molecule has 1 atom stereocenters. The topological polar surface area (TPSA) is 29.5 Å². The fourth-order valence-electron chi connectivity index (χ4n) is 3.21. The zero-order valence-electron chi connectivity index (χ0n) is 14.2. The normalized spacial score (nSPS) is 19.6. The minimum absolute atomic E-state index is 0.00299. The Morgan fingerprint density at radius 3 is 2.33 bits per heavy atom. The summed E-state index contributed by atoms with van der Waals surface area (Å²) in [5.41, 5.74) is 0. The van der Waals surface area contributed by atoms with Crippen LogP contribution in [0.15, 0.2) is 0 Å². The summed E-state index contributed by atoms with van der Waals surface area (Å²) in [6.07, 6.45) is 14.1. The van der Waals surface area contributed by atoms with Crippen molar-refractivity contribution < 1.29 is 9.53 Å². The zero-order chi connectivity index (χ0) is 15.3. The molecule has 0 spiro atoms. The molecule has 1 fully saturated rings. The highest BCUT2D eigenvalue weighted by molar-refractivity contribution is 5.75. The molecule has 1 aliphatic rings. The number of ether oxygens (including phenoxy) is 1. The summed E-state index contributed by atoms with van der Waals surface area (Å²) in [5, 5.41) is 0. The third kappa shape index (κ3) is 7.85. The summed E-state index contributed by atoms with van der Waals surface area (Å²) in [6, 6.07) is 0.0308. The summed E-state index contributed by atoms with van der Waals surface area (Å²) in [4.78, 5) is 14.3. The maximum absolute atomic E-state index is 12.0. The molecule has 1 unspecified atom stereocenters. The molecule has 0 aliphatic carbocycles. The van der Waals surface area contributed by atoms with Crippen LogP contribution in [0.5, 0.6) is 0 Å². The van der Waals surface area contributed by atoms with Crippen LogP contribution < -0.4 is 0 Å². The average Bonchev–Trinajstić information content (AvgIpc) is 2.50. The summed E-state index contributed by atoms with van der Waals surface area (Å²) in [5.74, 6) is -0.00299. The van der Waals surface area contributed by atoms with E-state index >= 15 is 0 Å². The molecule has 124 valence electrons. The van der Waals surface area contributed by atoms with Crippen molar-refractivity contribution >= 4 is 5.97 Å². The lowest BCUT2D eigenvalue weighted by Gasteiger charge is -2.33. The number of hydrogen-bond acceptors (Lipinski definition) is 3. The lowest BCUT2D eigenvalue weighted by atomic mass is 10.0. The molecule has 21 heavy (non-hydrogen) atoms. The third-order valence-corrected chi connectivity index (χ3v) is 4.47. The first-order chi connectivity index (χ1) is 10.3. The van der Waals surface area contributed by atoms with Crippen LogP contribution in [0.1, 0.15) is 84.5 Å². The van der Waals surface area contributed by atoms with Gasteiger partial charge in [-0.05, 0) is 39.3 Å². The lowest BCUT2D eigenvalue weighted by molar-refractivity contribution is -0.150. The van der Waals surface area contributed by atoms with E-state index in [-0.39, 0.29) is 12.0 Å². The van der Waals surface area contributed by atoms with E-state index in [0.29, 0.717) is 6.61 Å². The monoisotopic (exact) mass is 297 g/mol. The van der Waals surface area contributed by atoms with Gasteiger partial charge in [0.25, 0.3) is 0 Å². The number of rotatable bonds is 11. The Bertz CT molecular complexity index is 268. The molecular weight excluding hydrogens is 262 g/mol. The van der Waals surface area contributed by atoms with Gasteiger partial charge < -0.3 is 4.74 Å². The van der Waals surface area contributed by atoms with Gasteiger partial charge in [0.1, 0.15) is 6.04 Å². The van der Waals surface area contributed by atoms with E-state index in [1.54, 1.807) is 0 Å². The fraction of sp³-hybridized carbons (Fsp3) is 0.944. The maximum atomic E-state index is 12.0. The molecule has 0 bridgehead atoms. The number of nitrogens with zero attached hydrogens (tertiary/aromatic N) is 1. The van der Waals surface area contributed by atoms with Gasteiger partial charge in [0.2, 0.25) is 0 Å². The Kier molecular flexibility index (Phi) is 10.6. The zero-order valence-corrected chi connectivity index (χ0v) is 14.2. The van der Waals surface area contributed by atoms with E-state index in [2.05, 4.69) is 11.8 Å². The smallest absolute Gasteiger partial charge is 0.323 e. The largest absolute Gasteiger partial charge is 0.465 e. The van der Waals surface area contributed by atoms with Crippen LogP contribution in [0.25, 0.3) is 0 Å². The molecule has 3 nitrogen and oxygen atoms in total. The number of hydrogen-bond donors (Lipinski definition) is 0. The molecule has 0 radical (unpaired) electrons. The van der Waals surface area contributed by atoms with Crippen molar-refractivity contribution in [2.24, 2.45) is 0 Å². The van der Waals surface area contributed by atoms with Gasteiger partial charge in [0.05, 0.1) is 6.61 Å². The van der Waals surface area contributed by atoms with E-state index in [1.165, 1.54) is 57.8 Å².